The van der Waals surface area contributed by atoms with Crippen molar-refractivity contribution >= 4 is 33.7 Å². The Kier molecular flexibility index (Phi) is 9.94. The smallest absolute Gasteiger partial charge is 0.308 e. The van der Waals surface area contributed by atoms with Crippen LogP contribution in [0.1, 0.15) is 54.9 Å². The molecule has 182 valence electrons. The number of esters is 1. The molecule has 1 unspecified atom stereocenters. The number of amides is 2. The van der Waals surface area contributed by atoms with E-state index in [0.29, 0.717) is 35.5 Å². The first kappa shape index (κ1) is 25.7. The van der Waals surface area contributed by atoms with Gasteiger partial charge in [-0.3, -0.25) is 14.4 Å². The minimum atomic E-state index is -0.919. The molecule has 2 aromatic rings. The third-order valence-corrected chi connectivity index (χ3v) is 6.25. The SMILES string of the molecule is CCCCCCOc1ccc(C(=O)N2CCNC(=O)C2CC(=O)OCc2ccccc2)cc1Br. The van der Waals surface area contributed by atoms with Crippen molar-refractivity contribution in [1.29, 1.82) is 0 Å². The lowest BCUT2D eigenvalue weighted by Crippen LogP contribution is -2.57. The quantitative estimate of drug-likeness (QED) is 0.342. The number of hydrogen-bond donors (Lipinski definition) is 1. The van der Waals surface area contributed by atoms with Crippen molar-refractivity contribution in [3.63, 3.8) is 0 Å². The molecule has 0 bridgehead atoms. The van der Waals surface area contributed by atoms with Gasteiger partial charge in [-0.05, 0) is 46.1 Å². The van der Waals surface area contributed by atoms with Crippen molar-refractivity contribution in [2.24, 2.45) is 0 Å². The standard InChI is InChI=1S/C26H31BrN2O5/c1-2-3-4-8-15-33-23-12-11-20(16-21(23)27)26(32)29-14-13-28-25(31)22(29)17-24(30)34-18-19-9-6-5-7-10-19/h5-7,9-12,16,22H,2-4,8,13-15,17-18H2,1H3,(H,28,31). The molecule has 1 aliphatic heterocycles. The molecule has 8 heteroatoms. The summed E-state index contributed by atoms with van der Waals surface area (Å²) in [4.78, 5) is 39.6. The average molecular weight is 531 g/mol. The van der Waals surface area contributed by atoms with E-state index in [9.17, 15) is 14.4 Å². The van der Waals surface area contributed by atoms with E-state index in [-0.39, 0.29) is 24.8 Å². The van der Waals surface area contributed by atoms with Crippen LogP contribution in [0.25, 0.3) is 0 Å². The van der Waals surface area contributed by atoms with Crippen LogP contribution in [-0.4, -0.2) is 48.4 Å². The Morgan fingerprint density at radius 3 is 2.65 bits per heavy atom. The number of carbonyl (C=O) groups excluding carboxylic acids is 3. The van der Waals surface area contributed by atoms with Crippen molar-refractivity contribution in [3.8, 4) is 5.75 Å². The summed E-state index contributed by atoms with van der Waals surface area (Å²) in [5.74, 6) is -0.532. The van der Waals surface area contributed by atoms with Gasteiger partial charge < -0.3 is 19.7 Å². The molecular weight excluding hydrogens is 500 g/mol. The number of nitrogens with one attached hydrogen (secondary N) is 1. The maximum Gasteiger partial charge on any atom is 0.308 e. The van der Waals surface area contributed by atoms with E-state index in [0.717, 1.165) is 18.4 Å². The molecule has 0 aliphatic carbocycles. The molecule has 0 spiro atoms. The Bertz CT molecular complexity index is 982. The predicted molar refractivity (Wildman–Crippen MR) is 132 cm³/mol. The van der Waals surface area contributed by atoms with E-state index in [1.807, 2.05) is 30.3 Å². The molecule has 2 aromatic carbocycles. The molecule has 1 fully saturated rings. The monoisotopic (exact) mass is 530 g/mol. The molecule has 1 aliphatic rings. The second kappa shape index (κ2) is 13.1. The van der Waals surface area contributed by atoms with Crippen molar-refractivity contribution in [1.82, 2.24) is 10.2 Å². The highest BCUT2D eigenvalue weighted by Crippen LogP contribution is 2.27. The van der Waals surface area contributed by atoms with Crippen LogP contribution >= 0.6 is 15.9 Å². The number of rotatable bonds is 11. The van der Waals surface area contributed by atoms with Crippen LogP contribution in [0.5, 0.6) is 5.75 Å². The molecule has 3 rings (SSSR count). The molecule has 1 heterocycles. The number of piperazine rings is 1. The number of unbranched alkanes of at least 4 members (excludes halogenated alkanes) is 3. The zero-order valence-electron chi connectivity index (χ0n) is 19.4. The first-order valence-corrected chi connectivity index (χ1v) is 12.5. The summed E-state index contributed by atoms with van der Waals surface area (Å²) in [5, 5.41) is 2.74. The van der Waals surface area contributed by atoms with Crippen molar-refractivity contribution in [2.75, 3.05) is 19.7 Å². The molecule has 0 aromatic heterocycles. The van der Waals surface area contributed by atoms with E-state index in [4.69, 9.17) is 9.47 Å². The number of nitrogens with zero attached hydrogens (tertiary/aromatic N) is 1. The van der Waals surface area contributed by atoms with E-state index >= 15 is 0 Å². The molecule has 1 N–H and O–H groups in total. The minimum Gasteiger partial charge on any atom is -0.492 e. The predicted octanol–water partition coefficient (Wildman–Crippen LogP) is 4.48. The van der Waals surface area contributed by atoms with E-state index < -0.39 is 12.0 Å². The number of ether oxygens (including phenoxy) is 2. The molecule has 0 radical (unpaired) electrons. The minimum absolute atomic E-state index is 0.120. The fourth-order valence-corrected chi connectivity index (χ4v) is 4.24. The highest BCUT2D eigenvalue weighted by atomic mass is 79.9. The Labute approximate surface area is 208 Å². The van der Waals surface area contributed by atoms with Crippen molar-refractivity contribution in [2.45, 2.75) is 51.7 Å². The maximum atomic E-state index is 13.2. The molecule has 2 amide bonds. The Hall–Kier alpha value is -2.87. The van der Waals surface area contributed by atoms with Crippen LogP contribution < -0.4 is 10.1 Å². The molecular formula is C26H31BrN2O5. The van der Waals surface area contributed by atoms with Gasteiger partial charge >= 0.3 is 5.97 Å². The van der Waals surface area contributed by atoms with Crippen LogP contribution in [0.3, 0.4) is 0 Å². The number of hydrogen-bond acceptors (Lipinski definition) is 5. The summed E-state index contributed by atoms with van der Waals surface area (Å²) in [6.07, 6.45) is 4.25. The topological polar surface area (TPSA) is 84.9 Å². The second-order valence-corrected chi connectivity index (χ2v) is 9.06. The molecule has 1 saturated heterocycles. The van der Waals surface area contributed by atoms with Gasteiger partial charge in [0, 0.05) is 18.7 Å². The summed E-state index contributed by atoms with van der Waals surface area (Å²) in [7, 11) is 0. The van der Waals surface area contributed by atoms with Gasteiger partial charge in [0.05, 0.1) is 17.5 Å². The molecule has 34 heavy (non-hydrogen) atoms. The van der Waals surface area contributed by atoms with Gasteiger partial charge in [0.2, 0.25) is 5.91 Å². The lowest BCUT2D eigenvalue weighted by Gasteiger charge is -2.34. The zero-order chi connectivity index (χ0) is 24.3. The van der Waals surface area contributed by atoms with Crippen LogP contribution in [0.15, 0.2) is 53.0 Å². The van der Waals surface area contributed by atoms with Crippen LogP contribution in [0.2, 0.25) is 0 Å². The van der Waals surface area contributed by atoms with Crippen molar-refractivity contribution < 1.29 is 23.9 Å². The lowest BCUT2D eigenvalue weighted by atomic mass is 10.1. The Morgan fingerprint density at radius 1 is 1.12 bits per heavy atom. The third kappa shape index (κ3) is 7.32. The van der Waals surface area contributed by atoms with E-state index in [1.165, 1.54) is 17.7 Å². The van der Waals surface area contributed by atoms with Gasteiger partial charge in [-0.2, -0.15) is 0 Å². The van der Waals surface area contributed by atoms with Crippen LogP contribution in [0.4, 0.5) is 0 Å². The Morgan fingerprint density at radius 2 is 1.91 bits per heavy atom. The number of halogens is 1. The van der Waals surface area contributed by atoms with Gasteiger partial charge in [0.15, 0.2) is 0 Å². The first-order chi connectivity index (χ1) is 16.5. The van der Waals surface area contributed by atoms with E-state index in [2.05, 4.69) is 28.2 Å². The summed E-state index contributed by atoms with van der Waals surface area (Å²) >= 11 is 3.48. The van der Waals surface area contributed by atoms with E-state index in [1.54, 1.807) is 18.2 Å². The maximum absolute atomic E-state index is 13.2. The largest absolute Gasteiger partial charge is 0.492 e. The van der Waals surface area contributed by atoms with Crippen molar-refractivity contribution in [3.05, 3.63) is 64.1 Å². The fraction of sp³-hybridized carbons (Fsp3) is 0.423. The normalized spacial score (nSPS) is 15.5. The van der Waals surface area contributed by atoms with Crippen LogP contribution in [-0.2, 0) is 20.9 Å². The number of benzene rings is 2. The number of carbonyl (C=O) groups is 3. The summed E-state index contributed by atoms with van der Waals surface area (Å²) in [5.41, 5.74) is 1.27. The van der Waals surface area contributed by atoms with Gasteiger partial charge in [-0.25, -0.2) is 0 Å². The summed E-state index contributed by atoms with van der Waals surface area (Å²) in [6, 6.07) is 13.5. The summed E-state index contributed by atoms with van der Waals surface area (Å²) < 4.78 is 11.8. The highest BCUT2D eigenvalue weighted by molar-refractivity contribution is 9.10. The van der Waals surface area contributed by atoms with Gasteiger partial charge in [-0.15, -0.1) is 0 Å². The highest BCUT2D eigenvalue weighted by Gasteiger charge is 2.35. The second-order valence-electron chi connectivity index (χ2n) is 8.21. The average Bonchev–Trinajstić information content (AvgIpc) is 2.85. The Balaban J connectivity index is 1.61. The van der Waals surface area contributed by atoms with Gasteiger partial charge in [0.25, 0.3) is 5.91 Å². The summed E-state index contributed by atoms with van der Waals surface area (Å²) in [6.45, 7) is 3.55. The third-order valence-electron chi connectivity index (χ3n) is 5.63. The molecule has 0 saturated carbocycles. The zero-order valence-corrected chi connectivity index (χ0v) is 21.0. The first-order valence-electron chi connectivity index (χ1n) is 11.7. The van der Waals surface area contributed by atoms with Crippen LogP contribution in [0, 0.1) is 0 Å². The van der Waals surface area contributed by atoms with Gasteiger partial charge in [-0.1, -0.05) is 56.5 Å². The fourth-order valence-electron chi connectivity index (χ4n) is 3.74. The molecule has 7 nitrogen and oxygen atoms in total. The lowest BCUT2D eigenvalue weighted by molar-refractivity contribution is -0.148. The molecule has 1 atom stereocenters. The van der Waals surface area contributed by atoms with Gasteiger partial charge in [0.1, 0.15) is 18.4 Å².